The minimum atomic E-state index is -0.427. The van der Waals surface area contributed by atoms with Gasteiger partial charge in [0.2, 0.25) is 0 Å². The molecule has 0 aliphatic heterocycles. The average Bonchev–Trinajstić information content (AvgIpc) is 2.39. The van der Waals surface area contributed by atoms with E-state index in [4.69, 9.17) is 9.47 Å². The maximum absolute atomic E-state index is 11.5. The molecule has 2 N–H and O–H groups in total. The molecular weight excluding hydrogens is 300 g/mol. The smallest absolute Gasteiger partial charge is 0.315 e. The Hall–Kier alpha value is -1.11. The first-order chi connectivity index (χ1) is 8.65. The molecule has 0 unspecified atom stereocenters. The number of halogens is 1. The topological polar surface area (TPSA) is 59.6 Å². The molecule has 0 saturated carbocycles. The predicted molar refractivity (Wildman–Crippen MR) is 72.2 cm³/mol. The lowest BCUT2D eigenvalue weighted by Gasteiger charge is -2.14. The highest BCUT2D eigenvalue weighted by atomic mass is 79.9. The fraction of sp³-hybridized carbons (Fsp3) is 0.417. The van der Waals surface area contributed by atoms with Crippen LogP contribution < -0.4 is 10.6 Å². The van der Waals surface area contributed by atoms with E-state index in [2.05, 4.69) is 26.6 Å². The van der Waals surface area contributed by atoms with Gasteiger partial charge in [-0.05, 0) is 17.7 Å². The van der Waals surface area contributed by atoms with Crippen molar-refractivity contribution in [2.45, 2.75) is 12.8 Å². The Labute approximate surface area is 115 Å². The van der Waals surface area contributed by atoms with Gasteiger partial charge in [-0.3, -0.25) is 0 Å². The molecule has 18 heavy (non-hydrogen) atoms. The summed E-state index contributed by atoms with van der Waals surface area (Å²) in [5.41, 5.74) is 1.03. The Morgan fingerprint density at radius 2 is 1.83 bits per heavy atom. The molecule has 100 valence electrons. The third-order valence-corrected chi connectivity index (χ3v) is 2.85. The first-order valence-electron chi connectivity index (χ1n) is 5.47. The Balaban J connectivity index is 2.26. The maximum atomic E-state index is 11.5. The van der Waals surface area contributed by atoms with Crippen LogP contribution in [0.1, 0.15) is 5.56 Å². The third-order valence-electron chi connectivity index (χ3n) is 2.32. The van der Waals surface area contributed by atoms with Gasteiger partial charge in [-0.25, -0.2) is 4.79 Å². The second-order valence-electron chi connectivity index (χ2n) is 3.59. The van der Waals surface area contributed by atoms with Gasteiger partial charge in [0.15, 0.2) is 6.29 Å². The molecule has 0 saturated heterocycles. The number of urea groups is 1. The standard InChI is InChI=1S/C12H17BrN2O3/c1-17-11(18-2)8-15-12(16)14-7-9-3-5-10(13)6-4-9/h3-6,11H,7-8H2,1-2H3,(H2,14,15,16). The van der Waals surface area contributed by atoms with E-state index in [1.54, 1.807) is 0 Å². The zero-order valence-electron chi connectivity index (χ0n) is 10.4. The lowest BCUT2D eigenvalue weighted by Crippen LogP contribution is -2.40. The van der Waals surface area contributed by atoms with Crippen molar-refractivity contribution < 1.29 is 14.3 Å². The van der Waals surface area contributed by atoms with Crippen LogP contribution in [0.4, 0.5) is 4.79 Å². The van der Waals surface area contributed by atoms with Crippen molar-refractivity contribution >= 4 is 22.0 Å². The van der Waals surface area contributed by atoms with Crippen LogP contribution >= 0.6 is 15.9 Å². The molecule has 0 fully saturated rings. The van der Waals surface area contributed by atoms with E-state index in [9.17, 15) is 4.79 Å². The average molecular weight is 317 g/mol. The van der Waals surface area contributed by atoms with Gasteiger partial charge in [-0.1, -0.05) is 28.1 Å². The van der Waals surface area contributed by atoms with E-state index in [0.29, 0.717) is 13.1 Å². The molecule has 0 aliphatic carbocycles. The van der Waals surface area contributed by atoms with Crippen LogP contribution in [0.2, 0.25) is 0 Å². The van der Waals surface area contributed by atoms with E-state index in [-0.39, 0.29) is 6.03 Å². The summed E-state index contributed by atoms with van der Waals surface area (Å²) in [6.45, 7) is 0.781. The van der Waals surface area contributed by atoms with E-state index in [0.717, 1.165) is 10.0 Å². The largest absolute Gasteiger partial charge is 0.354 e. The van der Waals surface area contributed by atoms with Crippen LogP contribution in [0, 0.1) is 0 Å². The van der Waals surface area contributed by atoms with Crippen LogP contribution in [0.15, 0.2) is 28.7 Å². The highest BCUT2D eigenvalue weighted by Gasteiger charge is 2.07. The summed E-state index contributed by atoms with van der Waals surface area (Å²) in [5.74, 6) is 0. The van der Waals surface area contributed by atoms with E-state index in [1.165, 1.54) is 14.2 Å². The second kappa shape index (κ2) is 8.07. The number of carbonyl (C=O) groups excluding carboxylic acids is 1. The van der Waals surface area contributed by atoms with Crippen LogP contribution in [-0.4, -0.2) is 33.1 Å². The summed E-state index contributed by atoms with van der Waals surface area (Å²) in [7, 11) is 3.05. The van der Waals surface area contributed by atoms with Gasteiger partial charge in [0.25, 0.3) is 0 Å². The van der Waals surface area contributed by atoms with Gasteiger partial charge in [-0.15, -0.1) is 0 Å². The number of hydrogen-bond donors (Lipinski definition) is 2. The summed E-state index contributed by atoms with van der Waals surface area (Å²) in [6, 6.07) is 7.49. The third kappa shape index (κ3) is 5.48. The normalized spacial score (nSPS) is 10.4. The fourth-order valence-corrected chi connectivity index (χ4v) is 1.55. The Morgan fingerprint density at radius 1 is 1.22 bits per heavy atom. The van der Waals surface area contributed by atoms with Gasteiger partial charge in [0.05, 0.1) is 6.54 Å². The number of methoxy groups -OCH3 is 2. The minimum Gasteiger partial charge on any atom is -0.354 e. The number of amides is 2. The monoisotopic (exact) mass is 316 g/mol. The van der Waals surface area contributed by atoms with Crippen molar-refractivity contribution in [3.63, 3.8) is 0 Å². The van der Waals surface area contributed by atoms with Crippen molar-refractivity contribution in [1.29, 1.82) is 0 Å². The van der Waals surface area contributed by atoms with Crippen LogP contribution in [-0.2, 0) is 16.0 Å². The predicted octanol–water partition coefficient (Wildman–Crippen LogP) is 1.87. The van der Waals surface area contributed by atoms with Gasteiger partial charge < -0.3 is 20.1 Å². The molecule has 2 amide bonds. The molecule has 0 aliphatic rings. The highest BCUT2D eigenvalue weighted by molar-refractivity contribution is 9.10. The van der Waals surface area contributed by atoms with Crippen molar-refractivity contribution in [2.24, 2.45) is 0 Å². The zero-order valence-corrected chi connectivity index (χ0v) is 12.0. The van der Waals surface area contributed by atoms with Gasteiger partial charge in [-0.2, -0.15) is 0 Å². The van der Waals surface area contributed by atoms with E-state index < -0.39 is 6.29 Å². The van der Waals surface area contributed by atoms with Crippen molar-refractivity contribution in [1.82, 2.24) is 10.6 Å². The lowest BCUT2D eigenvalue weighted by atomic mass is 10.2. The van der Waals surface area contributed by atoms with Crippen molar-refractivity contribution in [3.8, 4) is 0 Å². The zero-order chi connectivity index (χ0) is 13.4. The lowest BCUT2D eigenvalue weighted by molar-refractivity contribution is -0.0971. The van der Waals surface area contributed by atoms with Crippen LogP contribution in [0.25, 0.3) is 0 Å². The van der Waals surface area contributed by atoms with Gasteiger partial charge in [0, 0.05) is 25.2 Å². The van der Waals surface area contributed by atoms with Gasteiger partial charge in [0.1, 0.15) is 0 Å². The molecule has 0 atom stereocenters. The summed E-state index contributed by atoms with van der Waals surface area (Å²) in [5, 5.41) is 5.40. The first kappa shape index (κ1) is 14.9. The summed E-state index contributed by atoms with van der Waals surface area (Å²) < 4.78 is 10.9. The molecule has 1 rings (SSSR count). The quantitative estimate of drug-likeness (QED) is 0.788. The SMILES string of the molecule is COC(CNC(=O)NCc1ccc(Br)cc1)OC. The Kier molecular flexibility index (Phi) is 6.70. The van der Waals surface area contributed by atoms with E-state index in [1.807, 2.05) is 24.3 Å². The molecular formula is C12H17BrN2O3. The number of rotatable bonds is 6. The van der Waals surface area contributed by atoms with Gasteiger partial charge >= 0.3 is 6.03 Å². The summed E-state index contributed by atoms with van der Waals surface area (Å²) in [4.78, 5) is 11.5. The molecule has 1 aromatic rings. The minimum absolute atomic E-state index is 0.253. The molecule has 0 bridgehead atoms. The number of ether oxygens (including phenoxy) is 2. The Morgan fingerprint density at radius 3 is 2.39 bits per heavy atom. The molecule has 0 spiro atoms. The van der Waals surface area contributed by atoms with E-state index >= 15 is 0 Å². The molecule has 1 aromatic carbocycles. The van der Waals surface area contributed by atoms with Crippen molar-refractivity contribution in [3.05, 3.63) is 34.3 Å². The highest BCUT2D eigenvalue weighted by Crippen LogP contribution is 2.09. The summed E-state index contributed by atoms with van der Waals surface area (Å²) >= 11 is 3.35. The Bertz CT molecular complexity index is 366. The first-order valence-corrected chi connectivity index (χ1v) is 6.26. The number of hydrogen-bond acceptors (Lipinski definition) is 3. The molecule has 6 heteroatoms. The molecule has 0 heterocycles. The van der Waals surface area contributed by atoms with Crippen LogP contribution in [0.5, 0.6) is 0 Å². The number of benzene rings is 1. The van der Waals surface area contributed by atoms with Crippen LogP contribution in [0.3, 0.4) is 0 Å². The van der Waals surface area contributed by atoms with Crippen molar-refractivity contribution in [2.75, 3.05) is 20.8 Å². The molecule has 0 radical (unpaired) electrons. The summed E-state index contributed by atoms with van der Waals surface area (Å²) in [6.07, 6.45) is -0.427. The fourth-order valence-electron chi connectivity index (χ4n) is 1.29. The molecule has 0 aromatic heterocycles. The maximum Gasteiger partial charge on any atom is 0.315 e. The number of carbonyl (C=O) groups is 1. The molecule has 5 nitrogen and oxygen atoms in total. The number of nitrogens with one attached hydrogen (secondary N) is 2. The second-order valence-corrected chi connectivity index (χ2v) is 4.51.